The molecule has 88 valence electrons. The zero-order valence-electron chi connectivity index (χ0n) is 9.46. The molecule has 0 saturated carbocycles. The van der Waals surface area contributed by atoms with Crippen molar-refractivity contribution in [2.45, 2.75) is 6.54 Å². The van der Waals surface area contributed by atoms with E-state index in [-0.39, 0.29) is 12.5 Å². The molecule has 0 aliphatic rings. The number of hydrogen-bond donors (Lipinski definition) is 1. The van der Waals surface area contributed by atoms with Crippen LogP contribution in [0.5, 0.6) is 0 Å². The normalized spacial score (nSPS) is 10.2. The third-order valence-electron chi connectivity index (χ3n) is 2.39. The lowest BCUT2D eigenvalue weighted by atomic mass is 10.2. The maximum absolute atomic E-state index is 11.1. The summed E-state index contributed by atoms with van der Waals surface area (Å²) in [5.41, 5.74) is 7.48. The van der Waals surface area contributed by atoms with Crippen molar-refractivity contribution in [3.63, 3.8) is 0 Å². The second-order valence-electron chi connectivity index (χ2n) is 3.55. The van der Waals surface area contributed by atoms with Crippen molar-refractivity contribution in [3.8, 4) is 11.3 Å². The molecule has 2 rings (SSSR count). The Morgan fingerprint density at radius 1 is 1.41 bits per heavy atom. The van der Waals surface area contributed by atoms with E-state index in [2.05, 4.69) is 9.84 Å². The van der Waals surface area contributed by atoms with Gasteiger partial charge in [-0.25, -0.2) is 4.68 Å². The van der Waals surface area contributed by atoms with E-state index in [9.17, 15) is 4.79 Å². The SMILES string of the molecule is COC(=O)Cn1nc(-c2ccccc2)cc1N. The lowest BCUT2D eigenvalue weighted by molar-refractivity contribution is -0.141. The highest BCUT2D eigenvalue weighted by Crippen LogP contribution is 2.19. The predicted molar refractivity (Wildman–Crippen MR) is 64.1 cm³/mol. The number of anilines is 1. The summed E-state index contributed by atoms with van der Waals surface area (Å²) in [5.74, 6) is 0.0636. The zero-order valence-corrected chi connectivity index (χ0v) is 9.46. The average molecular weight is 231 g/mol. The van der Waals surface area contributed by atoms with Crippen LogP contribution in [0.15, 0.2) is 36.4 Å². The highest BCUT2D eigenvalue weighted by atomic mass is 16.5. The Morgan fingerprint density at radius 2 is 2.12 bits per heavy atom. The monoisotopic (exact) mass is 231 g/mol. The Hall–Kier alpha value is -2.30. The van der Waals surface area contributed by atoms with Crippen molar-refractivity contribution in [1.82, 2.24) is 9.78 Å². The van der Waals surface area contributed by atoms with Gasteiger partial charge in [-0.1, -0.05) is 30.3 Å². The number of hydrogen-bond acceptors (Lipinski definition) is 4. The first-order valence-electron chi connectivity index (χ1n) is 5.16. The number of carbonyl (C=O) groups is 1. The standard InChI is InChI=1S/C12H13N3O2/c1-17-12(16)8-15-11(13)7-10(14-15)9-5-3-2-4-6-9/h2-7H,8,13H2,1H3. The van der Waals surface area contributed by atoms with Crippen molar-refractivity contribution in [2.24, 2.45) is 0 Å². The maximum atomic E-state index is 11.1. The second kappa shape index (κ2) is 4.69. The number of nitrogens with zero attached hydrogens (tertiary/aromatic N) is 2. The highest BCUT2D eigenvalue weighted by Gasteiger charge is 2.10. The number of ether oxygens (including phenoxy) is 1. The van der Waals surface area contributed by atoms with E-state index in [1.165, 1.54) is 11.8 Å². The van der Waals surface area contributed by atoms with Crippen LogP contribution >= 0.6 is 0 Å². The third-order valence-corrected chi connectivity index (χ3v) is 2.39. The smallest absolute Gasteiger partial charge is 0.327 e. The number of methoxy groups -OCH3 is 1. The van der Waals surface area contributed by atoms with Gasteiger partial charge in [0.2, 0.25) is 0 Å². The fourth-order valence-electron chi connectivity index (χ4n) is 1.49. The van der Waals surface area contributed by atoms with Crippen LogP contribution in [-0.4, -0.2) is 22.9 Å². The number of esters is 1. The third kappa shape index (κ3) is 2.44. The lowest BCUT2D eigenvalue weighted by Crippen LogP contribution is -2.14. The predicted octanol–water partition coefficient (Wildman–Crippen LogP) is 1.31. The van der Waals surface area contributed by atoms with Gasteiger partial charge in [0.15, 0.2) is 0 Å². The van der Waals surface area contributed by atoms with Crippen LogP contribution in [0.1, 0.15) is 0 Å². The Balaban J connectivity index is 2.28. The molecule has 2 aromatic rings. The summed E-state index contributed by atoms with van der Waals surface area (Å²) in [7, 11) is 1.33. The summed E-state index contributed by atoms with van der Waals surface area (Å²) in [6.45, 7) is 0.0230. The highest BCUT2D eigenvalue weighted by molar-refractivity contribution is 5.70. The number of nitrogens with two attached hydrogens (primary N) is 1. The van der Waals surface area contributed by atoms with Gasteiger partial charge in [-0.3, -0.25) is 4.79 Å². The lowest BCUT2D eigenvalue weighted by Gasteiger charge is -2.01. The van der Waals surface area contributed by atoms with Crippen LogP contribution in [-0.2, 0) is 16.1 Å². The van der Waals surface area contributed by atoms with Gasteiger partial charge >= 0.3 is 5.97 Å². The first-order chi connectivity index (χ1) is 8.20. The van der Waals surface area contributed by atoms with Gasteiger partial charge in [0.25, 0.3) is 0 Å². The Bertz CT molecular complexity index is 520. The summed E-state index contributed by atoms with van der Waals surface area (Å²) >= 11 is 0. The number of aromatic nitrogens is 2. The zero-order chi connectivity index (χ0) is 12.3. The summed E-state index contributed by atoms with van der Waals surface area (Å²) < 4.78 is 5.99. The summed E-state index contributed by atoms with van der Waals surface area (Å²) in [6, 6.07) is 11.4. The first kappa shape index (κ1) is 11.2. The molecular weight excluding hydrogens is 218 g/mol. The Kier molecular flexibility index (Phi) is 3.09. The first-order valence-corrected chi connectivity index (χ1v) is 5.16. The van der Waals surface area contributed by atoms with Crippen molar-refractivity contribution in [3.05, 3.63) is 36.4 Å². The summed E-state index contributed by atoms with van der Waals surface area (Å²) in [4.78, 5) is 11.1. The van der Waals surface area contributed by atoms with E-state index in [1.54, 1.807) is 6.07 Å². The Labute approximate surface area is 98.8 Å². The van der Waals surface area contributed by atoms with E-state index in [0.29, 0.717) is 5.82 Å². The molecule has 0 radical (unpaired) electrons. The molecule has 1 aromatic carbocycles. The van der Waals surface area contributed by atoms with Gasteiger partial charge in [-0.05, 0) is 0 Å². The molecule has 0 fully saturated rings. The molecule has 0 amide bonds. The molecule has 2 N–H and O–H groups in total. The molecule has 0 atom stereocenters. The molecule has 5 heteroatoms. The van der Waals surface area contributed by atoms with Crippen LogP contribution in [0.2, 0.25) is 0 Å². The molecule has 0 unspecified atom stereocenters. The van der Waals surface area contributed by atoms with E-state index in [0.717, 1.165) is 11.3 Å². The number of nitrogen functional groups attached to an aromatic ring is 1. The van der Waals surface area contributed by atoms with Gasteiger partial charge in [-0.15, -0.1) is 0 Å². The minimum Gasteiger partial charge on any atom is -0.468 e. The maximum Gasteiger partial charge on any atom is 0.327 e. The Morgan fingerprint density at radius 3 is 2.76 bits per heavy atom. The minimum atomic E-state index is -0.376. The average Bonchev–Trinajstić information content (AvgIpc) is 2.72. The van der Waals surface area contributed by atoms with Gasteiger partial charge in [0, 0.05) is 11.6 Å². The van der Waals surface area contributed by atoms with E-state index < -0.39 is 0 Å². The van der Waals surface area contributed by atoms with Crippen LogP contribution in [0.4, 0.5) is 5.82 Å². The van der Waals surface area contributed by atoms with Crippen LogP contribution in [0.3, 0.4) is 0 Å². The topological polar surface area (TPSA) is 70.1 Å². The van der Waals surface area contributed by atoms with Crippen LogP contribution in [0, 0.1) is 0 Å². The largest absolute Gasteiger partial charge is 0.468 e. The second-order valence-corrected chi connectivity index (χ2v) is 3.55. The fourth-order valence-corrected chi connectivity index (χ4v) is 1.49. The number of carbonyl (C=O) groups excluding carboxylic acids is 1. The van der Waals surface area contributed by atoms with Crippen molar-refractivity contribution < 1.29 is 9.53 Å². The van der Waals surface area contributed by atoms with Gasteiger partial charge < -0.3 is 10.5 Å². The van der Waals surface area contributed by atoms with Crippen molar-refractivity contribution >= 4 is 11.8 Å². The number of rotatable bonds is 3. The van der Waals surface area contributed by atoms with E-state index >= 15 is 0 Å². The van der Waals surface area contributed by atoms with Gasteiger partial charge in [0.1, 0.15) is 12.4 Å². The fraction of sp³-hybridized carbons (Fsp3) is 0.167. The molecule has 0 aliphatic heterocycles. The number of benzene rings is 1. The molecule has 0 bridgehead atoms. The molecule has 0 aliphatic carbocycles. The molecule has 17 heavy (non-hydrogen) atoms. The van der Waals surface area contributed by atoms with Crippen molar-refractivity contribution in [1.29, 1.82) is 0 Å². The summed E-state index contributed by atoms with van der Waals surface area (Å²) in [6.07, 6.45) is 0. The molecule has 1 aromatic heterocycles. The quantitative estimate of drug-likeness (QED) is 0.808. The van der Waals surface area contributed by atoms with Crippen molar-refractivity contribution in [2.75, 3.05) is 12.8 Å². The van der Waals surface area contributed by atoms with E-state index in [4.69, 9.17) is 5.73 Å². The molecule has 0 spiro atoms. The molecule has 5 nitrogen and oxygen atoms in total. The summed E-state index contributed by atoms with van der Waals surface area (Å²) in [5, 5.41) is 4.26. The van der Waals surface area contributed by atoms with E-state index in [1.807, 2.05) is 30.3 Å². The molecule has 1 heterocycles. The molecular formula is C12H13N3O2. The van der Waals surface area contributed by atoms with Gasteiger partial charge in [-0.2, -0.15) is 5.10 Å². The van der Waals surface area contributed by atoms with Crippen LogP contribution < -0.4 is 5.73 Å². The minimum absolute atomic E-state index is 0.0230. The molecule has 0 saturated heterocycles. The van der Waals surface area contributed by atoms with Gasteiger partial charge in [0.05, 0.1) is 12.8 Å². The van der Waals surface area contributed by atoms with Crippen LogP contribution in [0.25, 0.3) is 11.3 Å².